The summed E-state index contributed by atoms with van der Waals surface area (Å²) < 4.78 is 7.99. The Morgan fingerprint density at radius 1 is 1.05 bits per heavy atom. The van der Waals surface area contributed by atoms with Crippen LogP contribution in [0.3, 0.4) is 0 Å². The monoisotopic (exact) mass is 511 g/mol. The van der Waals surface area contributed by atoms with Gasteiger partial charge in [0.2, 0.25) is 5.91 Å². The average Bonchev–Trinajstić information content (AvgIpc) is 3.59. The normalized spacial score (nSPS) is 13.3. The first-order valence-corrected chi connectivity index (χ1v) is 13.1. The minimum atomic E-state index is -0.565. The molecule has 186 valence electrons. The number of nitrogens with zero attached hydrogens (tertiary/aromatic N) is 4. The van der Waals surface area contributed by atoms with E-state index in [1.807, 2.05) is 46.8 Å². The third-order valence-electron chi connectivity index (χ3n) is 6.35. The number of furan rings is 1. The van der Waals surface area contributed by atoms with Gasteiger partial charge in [0, 0.05) is 55.0 Å². The van der Waals surface area contributed by atoms with Crippen LogP contribution in [0.4, 0.5) is 0 Å². The lowest BCUT2D eigenvalue weighted by Gasteiger charge is -2.25. The van der Waals surface area contributed by atoms with Gasteiger partial charge in [0.05, 0.1) is 23.5 Å². The summed E-state index contributed by atoms with van der Waals surface area (Å²) in [6.07, 6.45) is 4.15. The predicted octanol–water partition coefficient (Wildman–Crippen LogP) is 3.94. The smallest absolute Gasteiger partial charge is 0.289 e. The van der Waals surface area contributed by atoms with E-state index in [-0.39, 0.29) is 11.7 Å². The topological polar surface area (TPSA) is 118 Å². The summed E-state index contributed by atoms with van der Waals surface area (Å²) in [6, 6.07) is 18.4. The summed E-state index contributed by atoms with van der Waals surface area (Å²) in [5, 5.41) is 9.02. The van der Waals surface area contributed by atoms with Crippen molar-refractivity contribution in [3.05, 3.63) is 101 Å². The molecule has 0 atom stereocenters. The Morgan fingerprint density at radius 3 is 2.54 bits per heavy atom. The van der Waals surface area contributed by atoms with Crippen LogP contribution >= 0.6 is 11.8 Å². The molecule has 1 fully saturated rings. The number of hydrogen-bond donors (Lipinski definition) is 1. The highest BCUT2D eigenvalue weighted by atomic mass is 32.2. The second kappa shape index (κ2) is 10.8. The van der Waals surface area contributed by atoms with Crippen LogP contribution in [0, 0.1) is 11.3 Å². The number of imidazole rings is 1. The molecule has 0 saturated carbocycles. The Labute approximate surface area is 218 Å². The Bertz CT molecular complexity index is 1480. The first-order valence-electron chi connectivity index (χ1n) is 11.9. The fourth-order valence-corrected chi connectivity index (χ4v) is 5.27. The van der Waals surface area contributed by atoms with Crippen LogP contribution in [0.2, 0.25) is 0 Å². The molecule has 0 radical (unpaired) electrons. The number of primary amides is 1. The molecule has 5 rings (SSSR count). The molecule has 3 heterocycles. The van der Waals surface area contributed by atoms with Crippen LogP contribution in [0.5, 0.6) is 0 Å². The molecule has 2 aromatic heterocycles. The zero-order chi connectivity index (χ0) is 25.8. The molecule has 2 N–H and O–H groups in total. The van der Waals surface area contributed by atoms with E-state index in [0.717, 1.165) is 28.3 Å². The highest BCUT2D eigenvalue weighted by Crippen LogP contribution is 2.29. The third-order valence-corrected chi connectivity index (χ3v) is 7.29. The highest BCUT2D eigenvalue weighted by Gasteiger charge is 2.23. The lowest BCUT2D eigenvalue weighted by molar-refractivity contribution is 0.0741. The number of thioether (sulfide) groups is 1. The fourth-order valence-electron chi connectivity index (χ4n) is 4.37. The quantitative estimate of drug-likeness (QED) is 0.402. The summed E-state index contributed by atoms with van der Waals surface area (Å²) in [7, 11) is 0. The number of carbonyl (C=O) groups is 2. The van der Waals surface area contributed by atoms with E-state index in [9.17, 15) is 9.59 Å². The van der Waals surface area contributed by atoms with E-state index >= 15 is 0 Å². The number of nitriles is 1. The van der Waals surface area contributed by atoms with Gasteiger partial charge in [-0.2, -0.15) is 17.0 Å². The number of benzene rings is 2. The molecular weight excluding hydrogens is 486 g/mol. The summed E-state index contributed by atoms with van der Waals surface area (Å²) >= 11 is 1.83. The van der Waals surface area contributed by atoms with Gasteiger partial charge in [-0.05, 0) is 47.5 Å². The van der Waals surface area contributed by atoms with Gasteiger partial charge in [0.1, 0.15) is 5.76 Å². The number of rotatable bonds is 7. The van der Waals surface area contributed by atoms with E-state index in [1.165, 1.54) is 0 Å². The van der Waals surface area contributed by atoms with Gasteiger partial charge >= 0.3 is 0 Å². The Kier molecular flexibility index (Phi) is 7.10. The van der Waals surface area contributed by atoms with Gasteiger partial charge in [-0.25, -0.2) is 4.98 Å². The molecule has 1 saturated heterocycles. The van der Waals surface area contributed by atoms with Crippen molar-refractivity contribution in [2.75, 3.05) is 24.6 Å². The molecule has 8 nitrogen and oxygen atoms in total. The summed E-state index contributed by atoms with van der Waals surface area (Å²) in [4.78, 5) is 31.2. The molecule has 9 heteroatoms. The van der Waals surface area contributed by atoms with Crippen molar-refractivity contribution < 1.29 is 14.0 Å². The standard InChI is InChI=1S/C28H25N5O3S/c29-15-19-1-3-20(4-2-19)17-33-18-31-16-22(33)13-21-5-6-23(27(30)34)24(14-21)25-7-8-26(36-25)28(35)32-9-11-37-12-10-32/h1-8,14,16,18H,9-13,17H2,(H2,30,34). The minimum absolute atomic E-state index is 0.143. The number of amides is 2. The van der Waals surface area contributed by atoms with Crippen LogP contribution in [0.1, 0.15) is 43.3 Å². The van der Waals surface area contributed by atoms with Crippen LogP contribution in [-0.4, -0.2) is 50.9 Å². The van der Waals surface area contributed by atoms with E-state index in [4.69, 9.17) is 15.4 Å². The molecule has 2 aromatic carbocycles. The van der Waals surface area contributed by atoms with Crippen molar-refractivity contribution >= 4 is 23.6 Å². The van der Waals surface area contributed by atoms with Crippen molar-refractivity contribution in [1.29, 1.82) is 5.26 Å². The average molecular weight is 512 g/mol. The fraction of sp³-hybridized carbons (Fsp3) is 0.214. The molecule has 2 amide bonds. The van der Waals surface area contributed by atoms with Gasteiger partial charge in [-0.1, -0.05) is 18.2 Å². The largest absolute Gasteiger partial charge is 0.451 e. The van der Waals surface area contributed by atoms with E-state index < -0.39 is 5.91 Å². The molecule has 1 aliphatic rings. The Morgan fingerprint density at radius 2 is 1.81 bits per heavy atom. The molecule has 1 aliphatic heterocycles. The minimum Gasteiger partial charge on any atom is -0.451 e. The van der Waals surface area contributed by atoms with Gasteiger partial charge < -0.3 is 19.6 Å². The SMILES string of the molecule is N#Cc1ccc(Cn2cncc2Cc2ccc(C(N)=O)c(-c3ccc(C(=O)N4CCSCC4)o3)c2)cc1. The summed E-state index contributed by atoms with van der Waals surface area (Å²) in [6.45, 7) is 2.00. The zero-order valence-electron chi connectivity index (χ0n) is 20.1. The number of hydrogen-bond acceptors (Lipinski definition) is 6. The Hall–Kier alpha value is -4.29. The van der Waals surface area contributed by atoms with Crippen LogP contribution < -0.4 is 5.73 Å². The van der Waals surface area contributed by atoms with Gasteiger partial charge in [-0.15, -0.1) is 0 Å². The maximum Gasteiger partial charge on any atom is 0.289 e. The molecule has 0 spiro atoms. The van der Waals surface area contributed by atoms with Gasteiger partial charge in [0.25, 0.3) is 5.91 Å². The van der Waals surface area contributed by atoms with Crippen molar-refractivity contribution in [1.82, 2.24) is 14.5 Å². The first kappa shape index (κ1) is 24.4. The van der Waals surface area contributed by atoms with Crippen LogP contribution in [-0.2, 0) is 13.0 Å². The third kappa shape index (κ3) is 5.44. The molecule has 0 bridgehead atoms. The lowest BCUT2D eigenvalue weighted by Crippen LogP contribution is -2.37. The van der Waals surface area contributed by atoms with Gasteiger partial charge in [0.15, 0.2) is 5.76 Å². The van der Waals surface area contributed by atoms with Crippen LogP contribution in [0.15, 0.2) is 71.5 Å². The summed E-state index contributed by atoms with van der Waals surface area (Å²) in [5.41, 5.74) is 10.2. The molecule has 37 heavy (non-hydrogen) atoms. The maximum atomic E-state index is 12.9. The molecule has 0 aliphatic carbocycles. The second-order valence-corrected chi connectivity index (χ2v) is 10.0. The predicted molar refractivity (Wildman–Crippen MR) is 141 cm³/mol. The van der Waals surface area contributed by atoms with E-state index in [0.29, 0.717) is 48.5 Å². The molecular formula is C28H25N5O3S. The first-order chi connectivity index (χ1) is 18.0. The maximum absolute atomic E-state index is 12.9. The van der Waals surface area contributed by atoms with Crippen molar-refractivity contribution in [3.63, 3.8) is 0 Å². The number of carbonyl (C=O) groups excluding carboxylic acids is 2. The number of aromatic nitrogens is 2. The van der Waals surface area contributed by atoms with Crippen molar-refractivity contribution in [2.45, 2.75) is 13.0 Å². The summed E-state index contributed by atoms with van der Waals surface area (Å²) in [5.74, 6) is 1.80. The van der Waals surface area contributed by atoms with Crippen LogP contribution in [0.25, 0.3) is 11.3 Å². The zero-order valence-corrected chi connectivity index (χ0v) is 20.9. The molecule has 4 aromatic rings. The van der Waals surface area contributed by atoms with Crippen molar-refractivity contribution in [3.8, 4) is 17.4 Å². The van der Waals surface area contributed by atoms with Gasteiger partial charge in [-0.3, -0.25) is 9.59 Å². The molecule has 0 unspecified atom stereocenters. The highest BCUT2D eigenvalue weighted by molar-refractivity contribution is 7.99. The Balaban J connectivity index is 1.39. The van der Waals surface area contributed by atoms with E-state index in [2.05, 4.69) is 11.1 Å². The van der Waals surface area contributed by atoms with E-state index in [1.54, 1.807) is 41.6 Å². The number of nitrogens with two attached hydrogens (primary N) is 1. The van der Waals surface area contributed by atoms with Crippen molar-refractivity contribution in [2.24, 2.45) is 5.73 Å². The second-order valence-electron chi connectivity index (χ2n) is 8.81. The lowest BCUT2D eigenvalue weighted by atomic mass is 9.99.